The topological polar surface area (TPSA) is 0 Å². The summed E-state index contributed by atoms with van der Waals surface area (Å²) < 4.78 is 0. The largest absolute Gasteiger partial charge is 2.00 e. The van der Waals surface area contributed by atoms with Crippen molar-refractivity contribution in [3.05, 3.63) is 59.7 Å². The van der Waals surface area contributed by atoms with Gasteiger partial charge in [0.05, 0.1) is 0 Å². The zero-order chi connectivity index (χ0) is 12.0. The molecule has 0 aliphatic rings. The molecule has 2 aromatic carbocycles. The Morgan fingerprint density at radius 2 is 1.47 bits per heavy atom. The van der Waals surface area contributed by atoms with Crippen molar-refractivity contribution in [3.63, 3.8) is 0 Å². The average molecular weight is 342 g/mol. The summed E-state index contributed by atoms with van der Waals surface area (Å²) in [6.45, 7) is 0. The zero-order valence-corrected chi connectivity index (χ0v) is 15.2. The maximum absolute atomic E-state index is 2.79. The Labute approximate surface area is 124 Å². The molecule has 0 fully saturated rings. The maximum Gasteiger partial charge on any atom is 2.00 e. The second-order valence-electron chi connectivity index (χ2n) is 3.45. The van der Waals surface area contributed by atoms with E-state index >= 15 is 0 Å². The fourth-order valence-electron chi connectivity index (χ4n) is 1.38. The molecule has 0 saturated carbocycles. The van der Waals surface area contributed by atoms with Crippen molar-refractivity contribution in [2.24, 2.45) is 0 Å². The standard InChI is InChI=1S/C7H13P4.C5H5.Fe/c8-6(9)4-2-1-3-5(4)7(10)11;1-2-4-5-3-1;/h1-3,6-7H,8-11H2;1-5H;/q2*-1;+2. The fourth-order valence-corrected chi connectivity index (χ4v) is 2.59. The summed E-state index contributed by atoms with van der Waals surface area (Å²) in [7, 11) is 11.1. The predicted molar refractivity (Wildman–Crippen MR) is 88.4 cm³/mol. The van der Waals surface area contributed by atoms with E-state index in [1.165, 1.54) is 11.1 Å². The third kappa shape index (κ3) is 6.60. The predicted octanol–water partition coefficient (Wildman–Crippen LogP) is 4.31. The maximum atomic E-state index is 2.79. The van der Waals surface area contributed by atoms with E-state index in [1.807, 2.05) is 30.3 Å². The van der Waals surface area contributed by atoms with Gasteiger partial charge < -0.3 is 0 Å². The quantitative estimate of drug-likeness (QED) is 0.434. The molecule has 94 valence electrons. The molecule has 0 radical (unpaired) electrons. The van der Waals surface area contributed by atoms with Crippen molar-refractivity contribution in [3.8, 4) is 0 Å². The molecular formula is C12H18FeP4. The van der Waals surface area contributed by atoms with Crippen LogP contribution < -0.4 is 0 Å². The first-order chi connectivity index (χ1) is 7.63. The normalized spacial score (nSPS) is 9.76. The van der Waals surface area contributed by atoms with Crippen molar-refractivity contribution in [2.45, 2.75) is 10.8 Å². The van der Waals surface area contributed by atoms with E-state index < -0.39 is 0 Å². The van der Waals surface area contributed by atoms with E-state index in [9.17, 15) is 0 Å². The van der Waals surface area contributed by atoms with Gasteiger partial charge in [-0.2, -0.15) is 41.5 Å². The van der Waals surface area contributed by atoms with E-state index in [2.05, 4.69) is 55.2 Å². The van der Waals surface area contributed by atoms with Gasteiger partial charge in [0.2, 0.25) is 0 Å². The van der Waals surface area contributed by atoms with E-state index in [0.717, 1.165) is 0 Å². The van der Waals surface area contributed by atoms with Gasteiger partial charge in [0, 0.05) is 0 Å². The van der Waals surface area contributed by atoms with Crippen LogP contribution in [0.3, 0.4) is 0 Å². The van der Waals surface area contributed by atoms with Gasteiger partial charge >= 0.3 is 17.1 Å². The van der Waals surface area contributed by atoms with E-state index in [-0.39, 0.29) is 17.1 Å². The molecule has 0 aliphatic heterocycles. The number of hydrogen-bond donors (Lipinski definition) is 0. The van der Waals surface area contributed by atoms with Crippen LogP contribution >= 0.6 is 37.0 Å². The van der Waals surface area contributed by atoms with Crippen molar-refractivity contribution < 1.29 is 17.1 Å². The summed E-state index contributed by atoms with van der Waals surface area (Å²) in [6.07, 6.45) is 0. The van der Waals surface area contributed by atoms with Gasteiger partial charge in [-0.25, -0.2) is 18.2 Å². The van der Waals surface area contributed by atoms with E-state index in [0.29, 0.717) is 10.8 Å². The van der Waals surface area contributed by atoms with Crippen LogP contribution in [0.2, 0.25) is 0 Å². The summed E-state index contributed by atoms with van der Waals surface area (Å²) in [4.78, 5) is 0. The molecule has 0 nitrogen and oxygen atoms in total. The van der Waals surface area contributed by atoms with Gasteiger partial charge in [-0.15, -0.1) is 37.0 Å². The van der Waals surface area contributed by atoms with Crippen molar-refractivity contribution in [1.29, 1.82) is 0 Å². The van der Waals surface area contributed by atoms with Crippen LogP contribution in [0.1, 0.15) is 21.9 Å². The zero-order valence-electron chi connectivity index (χ0n) is 9.44. The molecule has 4 atom stereocenters. The molecule has 0 aromatic heterocycles. The first-order valence-electron chi connectivity index (χ1n) is 5.07. The molecule has 0 bridgehead atoms. The molecule has 0 N–H and O–H groups in total. The molecule has 0 amide bonds. The Bertz CT molecular complexity index is 339. The molecule has 0 saturated heterocycles. The van der Waals surface area contributed by atoms with Crippen LogP contribution in [0.15, 0.2) is 48.5 Å². The summed E-state index contributed by atoms with van der Waals surface area (Å²) in [6, 6.07) is 16.4. The Morgan fingerprint density at radius 1 is 0.882 bits per heavy atom. The van der Waals surface area contributed by atoms with Crippen molar-refractivity contribution in [1.82, 2.24) is 0 Å². The van der Waals surface area contributed by atoms with Gasteiger partial charge in [-0.1, -0.05) is 0 Å². The third-order valence-corrected chi connectivity index (χ3v) is 3.60. The molecule has 0 heterocycles. The summed E-state index contributed by atoms with van der Waals surface area (Å²) in [5, 5.41) is 0.951. The minimum absolute atomic E-state index is 0. The molecule has 0 aliphatic carbocycles. The summed E-state index contributed by atoms with van der Waals surface area (Å²) >= 11 is 0. The molecule has 0 spiro atoms. The second-order valence-corrected chi connectivity index (χ2v) is 7.86. The van der Waals surface area contributed by atoms with Crippen LogP contribution in [0.4, 0.5) is 0 Å². The first-order valence-corrected chi connectivity index (χ1v) is 7.74. The van der Waals surface area contributed by atoms with Crippen LogP contribution in [-0.4, -0.2) is 0 Å². The van der Waals surface area contributed by atoms with Crippen LogP contribution in [0.5, 0.6) is 0 Å². The molecule has 4 unspecified atom stereocenters. The number of rotatable bonds is 2. The summed E-state index contributed by atoms with van der Waals surface area (Å²) in [5.74, 6) is 0. The Kier molecular flexibility index (Phi) is 10.4. The van der Waals surface area contributed by atoms with E-state index in [4.69, 9.17) is 0 Å². The van der Waals surface area contributed by atoms with Crippen LogP contribution in [-0.2, 0) is 17.1 Å². The molecule has 2 aromatic rings. The molecule has 5 heteroatoms. The van der Waals surface area contributed by atoms with Gasteiger partial charge in [0.25, 0.3) is 0 Å². The van der Waals surface area contributed by atoms with Gasteiger partial charge in [0.15, 0.2) is 0 Å². The van der Waals surface area contributed by atoms with Crippen molar-refractivity contribution in [2.75, 3.05) is 0 Å². The molecular weight excluding hydrogens is 324 g/mol. The average Bonchev–Trinajstić information content (AvgIpc) is 2.92. The SMILES string of the molecule is PC(P)c1cc[cH-]c1C(P)P.[Fe+2].c1cc[cH-]c1. The monoisotopic (exact) mass is 342 g/mol. The Balaban J connectivity index is 0.000000360. The Morgan fingerprint density at radius 3 is 1.76 bits per heavy atom. The summed E-state index contributed by atoms with van der Waals surface area (Å²) in [5.41, 5.74) is 2.80. The Hall–Kier alpha value is 0.939. The number of hydrogen-bond acceptors (Lipinski definition) is 0. The van der Waals surface area contributed by atoms with Gasteiger partial charge in [-0.05, 0) is 10.8 Å². The first kappa shape index (κ1) is 17.9. The molecule has 2 rings (SSSR count). The fraction of sp³-hybridized carbons (Fsp3) is 0.167. The second kappa shape index (κ2) is 9.82. The minimum Gasteiger partial charge on any atom is -0.214 e. The van der Waals surface area contributed by atoms with Gasteiger partial charge in [-0.3, -0.25) is 0 Å². The van der Waals surface area contributed by atoms with E-state index in [1.54, 1.807) is 0 Å². The third-order valence-electron chi connectivity index (χ3n) is 2.16. The smallest absolute Gasteiger partial charge is 0.214 e. The minimum atomic E-state index is 0. The van der Waals surface area contributed by atoms with Crippen molar-refractivity contribution >= 4 is 37.0 Å². The van der Waals surface area contributed by atoms with Crippen LogP contribution in [0, 0.1) is 0 Å². The van der Waals surface area contributed by atoms with Crippen LogP contribution in [0.25, 0.3) is 0 Å². The van der Waals surface area contributed by atoms with Gasteiger partial charge in [0.1, 0.15) is 0 Å². The molecule has 17 heavy (non-hydrogen) atoms.